The Labute approximate surface area is 208 Å². The van der Waals surface area contributed by atoms with E-state index in [0.29, 0.717) is 23.2 Å². The molecule has 9 atom stereocenters. The first-order valence-electron chi connectivity index (χ1n) is 14.2. The molecule has 4 saturated carbocycles. The Hall–Kier alpha value is -0.830. The third kappa shape index (κ3) is 2.94. The smallest absolute Gasteiger partial charge is 0.311 e. The Kier molecular flexibility index (Phi) is 5.38. The van der Waals surface area contributed by atoms with Crippen molar-refractivity contribution in [3.63, 3.8) is 0 Å². The van der Waals surface area contributed by atoms with Gasteiger partial charge in [0.25, 0.3) is 0 Å². The molecule has 0 aromatic rings. The zero-order chi connectivity index (χ0) is 24.9. The SMILES string of the molecule is COC(=O)[C@@]1(C)CC[C@]2(C)CC[C@]3(C)C(=CC[C@@H]4[C@@]5(C)CC[C@H](O)C(C)(C)[C@@H]5CC[C@]43C)[C@@H]2C1. The van der Waals surface area contributed by atoms with Crippen molar-refractivity contribution in [3.05, 3.63) is 11.6 Å². The van der Waals surface area contributed by atoms with Crippen LogP contribution in [0.3, 0.4) is 0 Å². The average Bonchev–Trinajstić information content (AvgIpc) is 2.77. The lowest BCUT2D eigenvalue weighted by molar-refractivity contribution is -0.203. The number of allylic oxidation sites excluding steroid dienone is 2. The van der Waals surface area contributed by atoms with Crippen LogP contribution in [0.25, 0.3) is 0 Å². The maximum Gasteiger partial charge on any atom is 0.311 e. The lowest BCUT2D eigenvalue weighted by atomic mass is 9.33. The number of ether oxygens (including phenoxy) is 1. The minimum atomic E-state index is -0.358. The van der Waals surface area contributed by atoms with Gasteiger partial charge in [-0.15, -0.1) is 0 Å². The van der Waals surface area contributed by atoms with Gasteiger partial charge in [0.1, 0.15) is 0 Å². The fourth-order valence-corrected chi connectivity index (χ4v) is 10.8. The van der Waals surface area contributed by atoms with Crippen molar-refractivity contribution >= 4 is 5.97 Å². The van der Waals surface area contributed by atoms with E-state index in [9.17, 15) is 9.90 Å². The highest BCUT2D eigenvalue weighted by Crippen LogP contribution is 2.75. The van der Waals surface area contributed by atoms with Crippen molar-refractivity contribution in [2.45, 2.75) is 119 Å². The van der Waals surface area contributed by atoms with Gasteiger partial charge in [-0.2, -0.15) is 0 Å². The van der Waals surface area contributed by atoms with E-state index in [0.717, 1.165) is 32.1 Å². The topological polar surface area (TPSA) is 46.5 Å². The van der Waals surface area contributed by atoms with Gasteiger partial charge in [0.2, 0.25) is 0 Å². The van der Waals surface area contributed by atoms with E-state index < -0.39 is 0 Å². The summed E-state index contributed by atoms with van der Waals surface area (Å²) < 4.78 is 5.29. The van der Waals surface area contributed by atoms with Crippen LogP contribution in [0.15, 0.2) is 11.6 Å². The Morgan fingerprint density at radius 3 is 2.26 bits per heavy atom. The molecule has 192 valence electrons. The summed E-state index contributed by atoms with van der Waals surface area (Å²) in [6.45, 7) is 17.1. The molecule has 0 unspecified atom stereocenters. The minimum absolute atomic E-state index is 0.00391. The first-order chi connectivity index (χ1) is 15.7. The lowest BCUT2D eigenvalue weighted by Crippen LogP contribution is -2.64. The summed E-state index contributed by atoms with van der Waals surface area (Å²) in [5.74, 6) is 1.72. The monoisotopic (exact) mass is 470 g/mol. The van der Waals surface area contributed by atoms with Crippen LogP contribution < -0.4 is 0 Å². The molecule has 3 heteroatoms. The number of hydrogen-bond acceptors (Lipinski definition) is 3. The van der Waals surface area contributed by atoms with E-state index in [-0.39, 0.29) is 39.1 Å². The molecule has 0 heterocycles. The molecule has 3 nitrogen and oxygen atoms in total. The quantitative estimate of drug-likeness (QED) is 0.322. The number of esters is 1. The molecule has 0 aliphatic heterocycles. The zero-order valence-electron chi connectivity index (χ0n) is 23.2. The van der Waals surface area contributed by atoms with Crippen molar-refractivity contribution < 1.29 is 14.6 Å². The van der Waals surface area contributed by atoms with E-state index in [1.807, 2.05) is 0 Å². The summed E-state index contributed by atoms with van der Waals surface area (Å²) in [4.78, 5) is 12.8. The molecular weight excluding hydrogens is 420 g/mol. The summed E-state index contributed by atoms with van der Waals surface area (Å²) in [5, 5.41) is 10.9. The number of carbonyl (C=O) groups excluding carboxylic acids is 1. The summed E-state index contributed by atoms with van der Waals surface area (Å²) in [6, 6.07) is 0. The predicted octanol–water partition coefficient (Wildman–Crippen LogP) is 7.32. The molecule has 0 aromatic carbocycles. The normalized spacial score (nSPS) is 54.0. The van der Waals surface area contributed by atoms with Crippen molar-refractivity contribution in [2.24, 2.45) is 50.2 Å². The standard InChI is InChI=1S/C31H50O3/c1-26(2)22-11-14-31(7)23(29(22,5)13-12-24(26)32)10-9-20-21-19-28(4,25(33)34-8)16-15-27(21,3)17-18-30(20,31)6/h9,21-24,32H,10-19H2,1-8H3/t21-,22-,23+,24-,27+,28-,29-,30+,31+/m0/s1. The van der Waals surface area contributed by atoms with Crippen LogP contribution in [0.2, 0.25) is 0 Å². The second-order valence-corrected chi connectivity index (χ2v) is 15.1. The molecule has 4 fully saturated rings. The molecule has 0 bridgehead atoms. The molecule has 34 heavy (non-hydrogen) atoms. The maximum absolute atomic E-state index is 12.8. The molecule has 5 aliphatic rings. The van der Waals surface area contributed by atoms with Crippen LogP contribution in [-0.4, -0.2) is 24.3 Å². The largest absolute Gasteiger partial charge is 0.469 e. The van der Waals surface area contributed by atoms with Gasteiger partial charge in [-0.1, -0.05) is 53.2 Å². The highest BCUT2D eigenvalue weighted by Gasteiger charge is 2.68. The van der Waals surface area contributed by atoms with Gasteiger partial charge in [0, 0.05) is 0 Å². The number of aliphatic hydroxyl groups is 1. The fraction of sp³-hybridized carbons (Fsp3) is 0.903. The molecule has 0 aromatic heterocycles. The highest BCUT2D eigenvalue weighted by atomic mass is 16.5. The van der Waals surface area contributed by atoms with Crippen LogP contribution in [0.5, 0.6) is 0 Å². The number of fused-ring (bicyclic) bond motifs is 7. The maximum atomic E-state index is 12.8. The molecule has 5 rings (SSSR count). The third-order valence-corrected chi connectivity index (χ3v) is 13.5. The summed E-state index contributed by atoms with van der Waals surface area (Å²) in [7, 11) is 1.56. The predicted molar refractivity (Wildman–Crippen MR) is 137 cm³/mol. The van der Waals surface area contributed by atoms with Gasteiger partial charge in [-0.05, 0) is 116 Å². The van der Waals surface area contributed by atoms with Crippen LogP contribution in [0.4, 0.5) is 0 Å². The lowest BCUT2D eigenvalue weighted by Gasteiger charge is -2.71. The molecule has 0 saturated heterocycles. The first kappa shape index (κ1) is 24.8. The summed E-state index contributed by atoms with van der Waals surface area (Å²) >= 11 is 0. The minimum Gasteiger partial charge on any atom is -0.469 e. The van der Waals surface area contributed by atoms with E-state index in [1.54, 1.807) is 12.7 Å². The summed E-state index contributed by atoms with van der Waals surface area (Å²) in [6.07, 6.45) is 13.8. The van der Waals surface area contributed by atoms with Gasteiger partial charge < -0.3 is 9.84 Å². The van der Waals surface area contributed by atoms with E-state index in [4.69, 9.17) is 4.74 Å². The molecule has 0 radical (unpaired) electrons. The van der Waals surface area contributed by atoms with Crippen LogP contribution in [0.1, 0.15) is 113 Å². The Morgan fingerprint density at radius 1 is 0.912 bits per heavy atom. The Bertz CT molecular complexity index is 904. The summed E-state index contributed by atoms with van der Waals surface area (Å²) in [5.41, 5.74) is 2.39. The van der Waals surface area contributed by atoms with E-state index in [2.05, 4.69) is 54.5 Å². The number of aliphatic hydroxyl groups excluding tert-OH is 1. The molecule has 0 spiro atoms. The third-order valence-electron chi connectivity index (χ3n) is 13.5. The number of methoxy groups -OCH3 is 1. The Balaban J connectivity index is 1.56. The molecular formula is C31H50O3. The number of hydrogen-bond donors (Lipinski definition) is 1. The number of rotatable bonds is 1. The van der Waals surface area contributed by atoms with E-state index in [1.165, 1.54) is 32.1 Å². The second-order valence-electron chi connectivity index (χ2n) is 15.1. The van der Waals surface area contributed by atoms with Gasteiger partial charge in [0.05, 0.1) is 18.6 Å². The van der Waals surface area contributed by atoms with Gasteiger partial charge in [-0.3, -0.25) is 4.79 Å². The van der Waals surface area contributed by atoms with Crippen LogP contribution >= 0.6 is 0 Å². The average molecular weight is 471 g/mol. The second kappa shape index (κ2) is 7.36. The Morgan fingerprint density at radius 2 is 1.59 bits per heavy atom. The molecule has 5 aliphatic carbocycles. The van der Waals surface area contributed by atoms with Crippen molar-refractivity contribution in [1.82, 2.24) is 0 Å². The van der Waals surface area contributed by atoms with Gasteiger partial charge in [-0.25, -0.2) is 0 Å². The van der Waals surface area contributed by atoms with Crippen molar-refractivity contribution in [2.75, 3.05) is 7.11 Å². The molecule has 1 N–H and O–H groups in total. The van der Waals surface area contributed by atoms with Gasteiger partial charge in [0.15, 0.2) is 0 Å². The van der Waals surface area contributed by atoms with Crippen LogP contribution in [-0.2, 0) is 9.53 Å². The van der Waals surface area contributed by atoms with E-state index >= 15 is 0 Å². The molecule has 0 amide bonds. The van der Waals surface area contributed by atoms with Crippen LogP contribution in [0, 0.1) is 50.2 Å². The van der Waals surface area contributed by atoms with Gasteiger partial charge >= 0.3 is 5.97 Å². The highest BCUT2D eigenvalue weighted by molar-refractivity contribution is 5.76. The van der Waals surface area contributed by atoms with Crippen molar-refractivity contribution in [3.8, 4) is 0 Å². The van der Waals surface area contributed by atoms with Crippen molar-refractivity contribution in [1.29, 1.82) is 0 Å². The first-order valence-corrected chi connectivity index (χ1v) is 14.2. The fourth-order valence-electron chi connectivity index (χ4n) is 10.8. The zero-order valence-corrected chi connectivity index (χ0v) is 23.2. The number of carbonyl (C=O) groups is 1.